The van der Waals surface area contributed by atoms with Crippen molar-refractivity contribution >= 4 is 66.3 Å². The van der Waals surface area contributed by atoms with Crippen LogP contribution in [-0.2, 0) is 0 Å². The van der Waals surface area contributed by atoms with Gasteiger partial charge in [0.1, 0.15) is 34.1 Å². The molecule has 6 nitrogen and oxygen atoms in total. The number of para-hydroxylation sites is 2. The standard InChI is InChI=1S/C42H26N4O2/c1-2-12-26(13-3-1)38-39-37(30-16-7-9-19-34(30)48-39)32(24-43-38)42-45-40(28-22-21-25-11-4-5-14-27(25)23-28)44-41(46-42)31-17-10-20-35-36(31)29-15-6-8-18-33(29)47-35/h1-24,41H,(H,44,45,46). The van der Waals surface area contributed by atoms with Crippen LogP contribution in [-0.4, -0.2) is 16.7 Å². The third-order valence-electron chi connectivity index (χ3n) is 9.18. The maximum Gasteiger partial charge on any atom is 0.170 e. The number of nitrogens with zero attached hydrogens (tertiary/aromatic N) is 3. The SMILES string of the molecule is c1ccc(-c2ncc(C3=NC(c4cccc5oc6ccccc6c45)N=C(c4ccc5ccccc5c4)N3)c3c2oc2ccccc23)cc1. The van der Waals surface area contributed by atoms with Gasteiger partial charge in [0.15, 0.2) is 11.7 Å². The van der Waals surface area contributed by atoms with E-state index in [1.807, 2.05) is 72.9 Å². The highest BCUT2D eigenvalue weighted by Gasteiger charge is 2.27. The predicted octanol–water partition coefficient (Wildman–Crippen LogP) is 10.2. The monoisotopic (exact) mass is 618 g/mol. The largest absolute Gasteiger partial charge is 0.456 e. The van der Waals surface area contributed by atoms with Gasteiger partial charge in [0, 0.05) is 50.0 Å². The number of rotatable bonds is 4. The molecule has 0 fully saturated rings. The summed E-state index contributed by atoms with van der Waals surface area (Å²) in [7, 11) is 0. The molecule has 0 aliphatic carbocycles. The van der Waals surface area contributed by atoms with Crippen molar-refractivity contribution < 1.29 is 8.83 Å². The lowest BCUT2D eigenvalue weighted by Gasteiger charge is -2.23. The molecule has 0 saturated carbocycles. The van der Waals surface area contributed by atoms with Gasteiger partial charge in [-0.15, -0.1) is 0 Å². The summed E-state index contributed by atoms with van der Waals surface area (Å²) in [6.07, 6.45) is 1.36. The van der Waals surface area contributed by atoms with Gasteiger partial charge < -0.3 is 14.2 Å². The minimum Gasteiger partial charge on any atom is -0.456 e. The predicted molar refractivity (Wildman–Crippen MR) is 194 cm³/mol. The van der Waals surface area contributed by atoms with Crippen molar-refractivity contribution in [2.75, 3.05) is 0 Å². The summed E-state index contributed by atoms with van der Waals surface area (Å²) < 4.78 is 12.8. The smallest absolute Gasteiger partial charge is 0.170 e. The summed E-state index contributed by atoms with van der Waals surface area (Å²) >= 11 is 0. The maximum absolute atomic E-state index is 6.55. The van der Waals surface area contributed by atoms with Gasteiger partial charge in [-0.05, 0) is 35.0 Å². The number of furan rings is 2. The fraction of sp³-hybridized carbons (Fsp3) is 0.0238. The van der Waals surface area contributed by atoms with Crippen molar-refractivity contribution in [1.29, 1.82) is 0 Å². The summed E-state index contributed by atoms with van der Waals surface area (Å²) in [5.74, 6) is 1.40. The molecule has 1 atom stereocenters. The summed E-state index contributed by atoms with van der Waals surface area (Å²) in [5, 5.41) is 9.95. The molecule has 0 spiro atoms. The first-order valence-corrected chi connectivity index (χ1v) is 16.0. The first kappa shape index (κ1) is 26.7. The van der Waals surface area contributed by atoms with E-state index in [1.165, 1.54) is 5.39 Å². The molecule has 3 aromatic heterocycles. The Morgan fingerprint density at radius 1 is 0.521 bits per heavy atom. The van der Waals surface area contributed by atoms with Crippen molar-refractivity contribution in [2.45, 2.75) is 6.17 Å². The van der Waals surface area contributed by atoms with Crippen LogP contribution in [0.2, 0.25) is 0 Å². The Labute approximate surface area is 274 Å². The van der Waals surface area contributed by atoms with E-state index in [1.54, 1.807) is 0 Å². The number of fused-ring (bicyclic) bond motifs is 7. The molecular weight excluding hydrogens is 592 g/mol. The topological polar surface area (TPSA) is 75.9 Å². The molecule has 1 N–H and O–H groups in total. The van der Waals surface area contributed by atoms with Crippen LogP contribution in [0.4, 0.5) is 0 Å². The van der Waals surface area contributed by atoms with Gasteiger partial charge in [0.05, 0.1) is 0 Å². The zero-order valence-electron chi connectivity index (χ0n) is 25.6. The number of nitrogens with one attached hydrogen (secondary N) is 1. The van der Waals surface area contributed by atoms with Crippen LogP contribution >= 0.6 is 0 Å². The summed E-state index contributed by atoms with van der Waals surface area (Å²) in [5.41, 5.74) is 7.72. The van der Waals surface area contributed by atoms with Gasteiger partial charge in [0.2, 0.25) is 0 Å². The van der Waals surface area contributed by atoms with E-state index < -0.39 is 6.17 Å². The molecule has 0 bridgehead atoms. The van der Waals surface area contributed by atoms with Gasteiger partial charge in [-0.1, -0.05) is 115 Å². The Morgan fingerprint density at radius 3 is 2.06 bits per heavy atom. The summed E-state index contributed by atoms with van der Waals surface area (Å²) in [6.45, 7) is 0. The van der Waals surface area contributed by atoms with Crippen LogP contribution in [0.3, 0.4) is 0 Å². The Hall–Kier alpha value is -6.53. The maximum atomic E-state index is 6.55. The average molecular weight is 619 g/mol. The normalized spacial score (nSPS) is 14.9. The molecule has 48 heavy (non-hydrogen) atoms. The van der Waals surface area contributed by atoms with Crippen LogP contribution in [0.1, 0.15) is 22.9 Å². The van der Waals surface area contributed by atoms with Crippen LogP contribution in [0.25, 0.3) is 65.9 Å². The Balaban J connectivity index is 1.23. The molecule has 1 aliphatic heterocycles. The highest BCUT2D eigenvalue weighted by molar-refractivity contribution is 6.24. The minimum atomic E-state index is -0.547. The second-order valence-electron chi connectivity index (χ2n) is 12.0. The van der Waals surface area contributed by atoms with Crippen molar-refractivity contribution in [3.8, 4) is 11.3 Å². The lowest BCUT2D eigenvalue weighted by molar-refractivity contribution is 0.667. The van der Waals surface area contributed by atoms with Gasteiger partial charge in [-0.2, -0.15) is 0 Å². The molecule has 1 unspecified atom stereocenters. The Bertz CT molecular complexity index is 2770. The van der Waals surface area contributed by atoms with E-state index in [9.17, 15) is 0 Å². The van der Waals surface area contributed by atoms with Crippen molar-refractivity contribution in [2.24, 2.45) is 9.98 Å². The van der Waals surface area contributed by atoms with Gasteiger partial charge in [-0.3, -0.25) is 4.98 Å². The number of amidine groups is 2. The number of aliphatic imine (C=N–C) groups is 2. The highest BCUT2D eigenvalue weighted by atomic mass is 16.3. The third-order valence-corrected chi connectivity index (χ3v) is 9.18. The summed E-state index contributed by atoms with van der Waals surface area (Å²) in [4.78, 5) is 15.6. The molecular formula is C42H26N4O2. The lowest BCUT2D eigenvalue weighted by Crippen LogP contribution is -2.36. The van der Waals surface area contributed by atoms with E-state index in [0.717, 1.165) is 83.0 Å². The highest BCUT2D eigenvalue weighted by Crippen LogP contribution is 2.40. The molecule has 0 radical (unpaired) electrons. The second kappa shape index (κ2) is 10.5. The fourth-order valence-corrected chi connectivity index (χ4v) is 6.94. The van der Waals surface area contributed by atoms with E-state index in [2.05, 4.69) is 78.1 Å². The third kappa shape index (κ3) is 4.16. The van der Waals surface area contributed by atoms with Gasteiger partial charge in [0.25, 0.3) is 0 Å². The zero-order chi connectivity index (χ0) is 31.6. The van der Waals surface area contributed by atoms with Crippen molar-refractivity contribution in [3.63, 3.8) is 0 Å². The molecule has 9 aromatic rings. The molecule has 6 heteroatoms. The van der Waals surface area contributed by atoms with E-state index in [0.29, 0.717) is 5.84 Å². The molecule has 4 heterocycles. The number of hydrogen-bond donors (Lipinski definition) is 1. The first-order chi connectivity index (χ1) is 23.8. The van der Waals surface area contributed by atoms with Crippen molar-refractivity contribution in [3.05, 3.63) is 162 Å². The van der Waals surface area contributed by atoms with Crippen LogP contribution in [0.15, 0.2) is 165 Å². The van der Waals surface area contributed by atoms with E-state index >= 15 is 0 Å². The average Bonchev–Trinajstić information content (AvgIpc) is 3.74. The van der Waals surface area contributed by atoms with Crippen LogP contribution in [0.5, 0.6) is 0 Å². The van der Waals surface area contributed by atoms with E-state index in [4.69, 9.17) is 23.8 Å². The molecule has 0 saturated heterocycles. The molecule has 226 valence electrons. The molecule has 1 aliphatic rings. The van der Waals surface area contributed by atoms with Gasteiger partial charge >= 0.3 is 0 Å². The Kier molecular flexibility index (Phi) is 5.84. The van der Waals surface area contributed by atoms with E-state index in [-0.39, 0.29) is 0 Å². The number of benzene rings is 6. The quantitative estimate of drug-likeness (QED) is 0.213. The second-order valence-corrected chi connectivity index (χ2v) is 12.0. The van der Waals surface area contributed by atoms with Gasteiger partial charge in [-0.25, -0.2) is 9.98 Å². The number of pyridine rings is 1. The van der Waals surface area contributed by atoms with Crippen LogP contribution < -0.4 is 5.32 Å². The zero-order valence-corrected chi connectivity index (χ0v) is 25.6. The lowest BCUT2D eigenvalue weighted by atomic mass is 10.0. The first-order valence-electron chi connectivity index (χ1n) is 16.0. The summed E-state index contributed by atoms with van der Waals surface area (Å²) in [6, 6.07) is 47.3. The molecule has 10 rings (SSSR count). The fourth-order valence-electron chi connectivity index (χ4n) is 6.94. The number of hydrogen-bond acceptors (Lipinski definition) is 6. The Morgan fingerprint density at radius 2 is 1.21 bits per heavy atom. The van der Waals surface area contributed by atoms with Crippen LogP contribution in [0, 0.1) is 0 Å². The van der Waals surface area contributed by atoms with Crippen molar-refractivity contribution in [1.82, 2.24) is 10.3 Å². The molecule has 6 aromatic carbocycles. The molecule has 0 amide bonds. The number of aromatic nitrogens is 1. The minimum absolute atomic E-state index is 0.547.